The molecule has 4 aromatic rings. The maximum absolute atomic E-state index is 12.9. The van der Waals surface area contributed by atoms with Gasteiger partial charge < -0.3 is 0 Å². The Balaban J connectivity index is 1.42. The molecule has 4 rings (SSSR count). The van der Waals surface area contributed by atoms with Crippen LogP contribution in [-0.2, 0) is 6.18 Å². The molecule has 2 aromatic heterocycles. The van der Waals surface area contributed by atoms with Crippen LogP contribution in [0.15, 0.2) is 83.4 Å². The number of anilines is 1. The Labute approximate surface area is 174 Å². The zero-order chi connectivity index (χ0) is 21.0. The van der Waals surface area contributed by atoms with Crippen LogP contribution in [-0.4, -0.2) is 16.2 Å². The molecule has 2 heterocycles. The van der Waals surface area contributed by atoms with Crippen molar-refractivity contribution in [2.45, 2.75) is 6.18 Å². The summed E-state index contributed by atoms with van der Waals surface area (Å²) in [5, 5.41) is 6.79. The van der Waals surface area contributed by atoms with E-state index in [9.17, 15) is 13.2 Å². The molecule has 0 aliphatic carbocycles. The number of thiazole rings is 1. The second-order valence-electron chi connectivity index (χ2n) is 6.32. The average Bonchev–Trinajstić information content (AvgIpc) is 3.23. The summed E-state index contributed by atoms with van der Waals surface area (Å²) >= 11 is 1.45. The minimum Gasteiger partial charge on any atom is -0.256 e. The number of halogens is 3. The van der Waals surface area contributed by atoms with E-state index in [0.717, 1.165) is 35.2 Å². The van der Waals surface area contributed by atoms with Crippen LogP contribution in [0.5, 0.6) is 0 Å². The molecule has 4 nitrogen and oxygen atoms in total. The standard InChI is InChI=1S/C22H15F3N4S/c23-22(24,25)18-10-11-26-19(12-18)17-8-6-15(7-9-17)13-27-29-21-28-20(14-30-21)16-4-2-1-3-5-16/h1-14H,(H,28,29). The van der Waals surface area contributed by atoms with Crippen LogP contribution in [0.25, 0.3) is 22.5 Å². The molecule has 150 valence electrons. The van der Waals surface area contributed by atoms with E-state index in [0.29, 0.717) is 10.7 Å². The zero-order valence-electron chi connectivity index (χ0n) is 15.5. The lowest BCUT2D eigenvalue weighted by Crippen LogP contribution is -2.05. The molecule has 8 heteroatoms. The summed E-state index contributed by atoms with van der Waals surface area (Å²) in [6.07, 6.45) is -1.62. The molecule has 0 radical (unpaired) electrons. The molecule has 0 aliphatic rings. The van der Waals surface area contributed by atoms with E-state index in [1.54, 1.807) is 30.5 Å². The number of pyridine rings is 1. The highest BCUT2D eigenvalue weighted by Gasteiger charge is 2.30. The minimum atomic E-state index is -4.40. The lowest BCUT2D eigenvalue weighted by atomic mass is 10.1. The van der Waals surface area contributed by atoms with Crippen LogP contribution in [0.3, 0.4) is 0 Å². The van der Waals surface area contributed by atoms with E-state index in [4.69, 9.17) is 0 Å². The van der Waals surface area contributed by atoms with Gasteiger partial charge in [0, 0.05) is 22.7 Å². The molecule has 0 fully saturated rings. The highest BCUT2D eigenvalue weighted by atomic mass is 32.1. The van der Waals surface area contributed by atoms with Gasteiger partial charge in [0.25, 0.3) is 0 Å². The highest BCUT2D eigenvalue weighted by molar-refractivity contribution is 7.14. The van der Waals surface area contributed by atoms with Crippen LogP contribution >= 0.6 is 11.3 Å². The maximum Gasteiger partial charge on any atom is 0.416 e. The van der Waals surface area contributed by atoms with Gasteiger partial charge in [-0.3, -0.25) is 10.4 Å². The Morgan fingerprint density at radius 1 is 0.900 bits per heavy atom. The van der Waals surface area contributed by atoms with E-state index < -0.39 is 11.7 Å². The summed E-state index contributed by atoms with van der Waals surface area (Å²) in [6, 6.07) is 18.8. The largest absolute Gasteiger partial charge is 0.416 e. The quantitative estimate of drug-likeness (QED) is 0.301. The molecule has 0 aliphatic heterocycles. The van der Waals surface area contributed by atoms with E-state index in [2.05, 4.69) is 20.5 Å². The summed E-state index contributed by atoms with van der Waals surface area (Å²) in [6.45, 7) is 0. The summed E-state index contributed by atoms with van der Waals surface area (Å²) in [7, 11) is 0. The number of benzene rings is 2. The predicted octanol–water partition coefficient (Wildman–Crippen LogP) is 6.34. The summed E-state index contributed by atoms with van der Waals surface area (Å²) in [4.78, 5) is 8.52. The van der Waals surface area contributed by atoms with Crippen molar-refractivity contribution in [2.75, 3.05) is 5.43 Å². The fourth-order valence-corrected chi connectivity index (χ4v) is 3.40. The second kappa shape index (κ2) is 8.46. The monoisotopic (exact) mass is 424 g/mol. The van der Waals surface area contributed by atoms with Gasteiger partial charge in [0.2, 0.25) is 5.13 Å². The SMILES string of the molecule is FC(F)(F)c1ccnc(-c2ccc(C=NNc3nc(-c4ccccc4)cs3)cc2)c1. The van der Waals surface area contributed by atoms with E-state index >= 15 is 0 Å². The molecule has 0 amide bonds. The van der Waals surface area contributed by atoms with Crippen LogP contribution in [0.2, 0.25) is 0 Å². The number of aromatic nitrogens is 2. The zero-order valence-corrected chi connectivity index (χ0v) is 16.3. The van der Waals surface area contributed by atoms with Crippen molar-refractivity contribution in [3.05, 3.63) is 89.4 Å². The van der Waals surface area contributed by atoms with Crippen LogP contribution < -0.4 is 5.43 Å². The van der Waals surface area contributed by atoms with E-state index in [1.807, 2.05) is 35.7 Å². The lowest BCUT2D eigenvalue weighted by Gasteiger charge is -2.08. The van der Waals surface area contributed by atoms with Crippen molar-refractivity contribution < 1.29 is 13.2 Å². The summed E-state index contributed by atoms with van der Waals surface area (Å²) in [5.41, 5.74) is 5.73. The molecule has 0 spiro atoms. The van der Waals surface area contributed by atoms with Gasteiger partial charge in [0.1, 0.15) is 0 Å². The van der Waals surface area contributed by atoms with Crippen LogP contribution in [0.4, 0.5) is 18.3 Å². The molecule has 0 atom stereocenters. The van der Waals surface area contributed by atoms with Crippen molar-refractivity contribution in [3.63, 3.8) is 0 Å². The third-order valence-corrected chi connectivity index (χ3v) is 4.99. The van der Waals surface area contributed by atoms with Crippen molar-refractivity contribution >= 4 is 22.7 Å². The third-order valence-electron chi connectivity index (χ3n) is 4.24. The average molecular weight is 424 g/mol. The number of nitrogens with zero attached hydrogens (tertiary/aromatic N) is 3. The normalized spacial score (nSPS) is 11.7. The Morgan fingerprint density at radius 3 is 2.37 bits per heavy atom. The molecule has 2 aromatic carbocycles. The van der Waals surface area contributed by atoms with Gasteiger partial charge in [-0.25, -0.2) is 4.98 Å². The first-order chi connectivity index (χ1) is 14.5. The number of hydrogen-bond acceptors (Lipinski definition) is 5. The van der Waals surface area contributed by atoms with Crippen LogP contribution in [0.1, 0.15) is 11.1 Å². The van der Waals surface area contributed by atoms with Gasteiger partial charge in [0.05, 0.1) is 23.2 Å². The van der Waals surface area contributed by atoms with E-state index in [1.165, 1.54) is 11.3 Å². The van der Waals surface area contributed by atoms with Crippen LogP contribution in [0, 0.1) is 0 Å². The molecule has 0 bridgehead atoms. The second-order valence-corrected chi connectivity index (χ2v) is 7.18. The minimum absolute atomic E-state index is 0.266. The highest BCUT2D eigenvalue weighted by Crippen LogP contribution is 2.31. The van der Waals surface area contributed by atoms with Crippen molar-refractivity contribution in [3.8, 4) is 22.5 Å². The molecular weight excluding hydrogens is 409 g/mol. The summed E-state index contributed by atoms with van der Waals surface area (Å²) in [5.74, 6) is 0. The Kier molecular flexibility index (Phi) is 5.58. The lowest BCUT2D eigenvalue weighted by molar-refractivity contribution is -0.137. The Morgan fingerprint density at radius 2 is 1.63 bits per heavy atom. The van der Waals surface area contributed by atoms with Gasteiger partial charge in [-0.2, -0.15) is 18.3 Å². The summed E-state index contributed by atoms with van der Waals surface area (Å²) < 4.78 is 38.6. The number of hydrazone groups is 1. The Hall–Kier alpha value is -3.52. The molecule has 0 saturated heterocycles. The van der Waals surface area contributed by atoms with Gasteiger partial charge in [-0.15, -0.1) is 11.3 Å². The molecular formula is C22H15F3N4S. The smallest absolute Gasteiger partial charge is 0.256 e. The molecule has 30 heavy (non-hydrogen) atoms. The fourth-order valence-electron chi connectivity index (χ4n) is 2.73. The predicted molar refractivity (Wildman–Crippen MR) is 113 cm³/mol. The van der Waals surface area contributed by atoms with Gasteiger partial charge in [-0.1, -0.05) is 54.6 Å². The number of rotatable bonds is 5. The van der Waals surface area contributed by atoms with Crippen molar-refractivity contribution in [1.82, 2.24) is 9.97 Å². The van der Waals surface area contributed by atoms with Gasteiger partial charge in [-0.05, 0) is 17.7 Å². The Bertz CT molecular complexity index is 1150. The van der Waals surface area contributed by atoms with Gasteiger partial charge >= 0.3 is 6.18 Å². The first kappa shape index (κ1) is 19.8. The van der Waals surface area contributed by atoms with Crippen molar-refractivity contribution in [1.29, 1.82) is 0 Å². The number of alkyl halides is 3. The fraction of sp³-hybridized carbons (Fsp3) is 0.0455. The molecule has 0 unspecified atom stereocenters. The first-order valence-electron chi connectivity index (χ1n) is 8.93. The molecule has 0 saturated carbocycles. The van der Waals surface area contributed by atoms with E-state index in [-0.39, 0.29) is 5.69 Å². The maximum atomic E-state index is 12.9. The third kappa shape index (κ3) is 4.72. The van der Waals surface area contributed by atoms with Crippen molar-refractivity contribution in [2.24, 2.45) is 5.10 Å². The van der Waals surface area contributed by atoms with Gasteiger partial charge in [0.15, 0.2) is 0 Å². The first-order valence-corrected chi connectivity index (χ1v) is 9.81. The number of hydrogen-bond donors (Lipinski definition) is 1. The number of nitrogens with one attached hydrogen (secondary N) is 1. The topological polar surface area (TPSA) is 50.2 Å². The molecule has 1 N–H and O–H groups in total.